The lowest BCUT2D eigenvalue weighted by molar-refractivity contribution is -0.123. The number of nitrogens with one attached hydrogen (secondary N) is 1. The van der Waals surface area contributed by atoms with Crippen LogP contribution in [0.1, 0.15) is 25.8 Å². The third-order valence-corrected chi connectivity index (χ3v) is 5.30. The molecule has 0 saturated heterocycles. The summed E-state index contributed by atoms with van der Waals surface area (Å²) in [7, 11) is -3.46. The van der Waals surface area contributed by atoms with Crippen LogP contribution in [0.5, 0.6) is 5.75 Å². The highest BCUT2D eigenvalue weighted by molar-refractivity contribution is 7.92. The number of hydrogen-bond acceptors (Lipinski definition) is 5. The normalized spacial score (nSPS) is 11.3. The first-order chi connectivity index (χ1) is 14.3. The predicted molar refractivity (Wildman–Crippen MR) is 118 cm³/mol. The molecule has 0 saturated carbocycles. The predicted octanol–water partition coefficient (Wildman–Crippen LogP) is 2.96. The van der Waals surface area contributed by atoms with E-state index in [1.54, 1.807) is 24.3 Å². The third kappa shape index (κ3) is 8.42. The van der Waals surface area contributed by atoms with Crippen molar-refractivity contribution in [3.8, 4) is 5.75 Å². The maximum absolute atomic E-state index is 12.3. The van der Waals surface area contributed by atoms with E-state index in [1.165, 1.54) is 10.6 Å². The lowest BCUT2D eigenvalue weighted by atomic mass is 10.2. The lowest BCUT2D eigenvalue weighted by Crippen LogP contribution is -2.30. The molecular weight excluding hydrogens is 404 g/mol. The van der Waals surface area contributed by atoms with Crippen molar-refractivity contribution in [3.63, 3.8) is 0 Å². The van der Waals surface area contributed by atoms with E-state index in [0.717, 1.165) is 12.0 Å². The fraction of sp³-hybridized carbons (Fsp3) is 0.409. The Labute approximate surface area is 179 Å². The van der Waals surface area contributed by atoms with Gasteiger partial charge < -0.3 is 14.8 Å². The van der Waals surface area contributed by atoms with Crippen molar-refractivity contribution in [1.82, 2.24) is 5.32 Å². The van der Waals surface area contributed by atoms with Gasteiger partial charge in [0, 0.05) is 13.2 Å². The summed E-state index contributed by atoms with van der Waals surface area (Å²) in [6.45, 7) is 5.19. The quantitative estimate of drug-likeness (QED) is 0.519. The van der Waals surface area contributed by atoms with E-state index in [1.807, 2.05) is 44.2 Å². The van der Waals surface area contributed by atoms with Crippen molar-refractivity contribution < 1.29 is 22.7 Å². The average molecular weight is 435 g/mol. The van der Waals surface area contributed by atoms with Crippen LogP contribution in [0.25, 0.3) is 0 Å². The molecule has 0 aromatic heterocycles. The number of hydrogen-bond donors (Lipinski definition) is 1. The first-order valence-electron chi connectivity index (χ1n) is 9.88. The molecule has 0 aliphatic rings. The lowest BCUT2D eigenvalue weighted by Gasteiger charge is -2.22. The Balaban J connectivity index is 1.87. The van der Waals surface area contributed by atoms with E-state index >= 15 is 0 Å². The van der Waals surface area contributed by atoms with Gasteiger partial charge in [-0.25, -0.2) is 8.42 Å². The molecule has 0 fully saturated rings. The zero-order chi connectivity index (χ0) is 22.0. The Morgan fingerprint density at radius 3 is 2.33 bits per heavy atom. The SMILES string of the molecule is CC(C)OCCCNC(=O)COc1ccc(N(Cc2ccccc2)S(C)(=O)=O)cc1. The van der Waals surface area contributed by atoms with Gasteiger partial charge in [-0.1, -0.05) is 30.3 Å². The van der Waals surface area contributed by atoms with Crippen LogP contribution in [0.4, 0.5) is 5.69 Å². The van der Waals surface area contributed by atoms with Gasteiger partial charge in [-0.3, -0.25) is 9.10 Å². The van der Waals surface area contributed by atoms with Gasteiger partial charge in [-0.2, -0.15) is 0 Å². The van der Waals surface area contributed by atoms with Crippen LogP contribution in [-0.2, 0) is 26.1 Å². The molecule has 0 aliphatic carbocycles. The van der Waals surface area contributed by atoms with Gasteiger partial charge in [0.2, 0.25) is 10.0 Å². The molecule has 8 heteroatoms. The smallest absolute Gasteiger partial charge is 0.257 e. The van der Waals surface area contributed by atoms with Crippen LogP contribution in [0, 0.1) is 0 Å². The number of nitrogens with zero attached hydrogens (tertiary/aromatic N) is 1. The molecule has 7 nitrogen and oxygen atoms in total. The molecule has 1 N–H and O–H groups in total. The van der Waals surface area contributed by atoms with Crippen molar-refractivity contribution >= 4 is 21.6 Å². The van der Waals surface area contributed by atoms with Gasteiger partial charge >= 0.3 is 0 Å². The minimum atomic E-state index is -3.46. The molecule has 0 atom stereocenters. The van der Waals surface area contributed by atoms with Crippen molar-refractivity contribution in [2.75, 3.05) is 30.3 Å². The summed E-state index contributed by atoms with van der Waals surface area (Å²) >= 11 is 0. The fourth-order valence-electron chi connectivity index (χ4n) is 2.68. The Bertz CT molecular complexity index is 884. The number of amides is 1. The molecule has 0 radical (unpaired) electrons. The van der Waals surface area contributed by atoms with Crippen molar-refractivity contribution in [2.24, 2.45) is 0 Å². The van der Waals surface area contributed by atoms with Crippen LogP contribution >= 0.6 is 0 Å². The molecule has 0 unspecified atom stereocenters. The van der Waals surface area contributed by atoms with Crippen molar-refractivity contribution in [1.29, 1.82) is 0 Å². The van der Waals surface area contributed by atoms with E-state index in [4.69, 9.17) is 9.47 Å². The summed E-state index contributed by atoms with van der Waals surface area (Å²) in [6, 6.07) is 16.0. The number of ether oxygens (including phenoxy) is 2. The monoisotopic (exact) mass is 434 g/mol. The van der Waals surface area contributed by atoms with Gasteiger partial charge in [0.1, 0.15) is 5.75 Å². The highest BCUT2D eigenvalue weighted by Crippen LogP contribution is 2.23. The fourth-order valence-corrected chi connectivity index (χ4v) is 3.57. The summed E-state index contributed by atoms with van der Waals surface area (Å²) in [5.41, 5.74) is 1.42. The summed E-state index contributed by atoms with van der Waals surface area (Å²) in [6.07, 6.45) is 2.09. The molecular formula is C22H30N2O5S. The topological polar surface area (TPSA) is 84.9 Å². The number of carbonyl (C=O) groups is 1. The number of anilines is 1. The minimum Gasteiger partial charge on any atom is -0.484 e. The molecule has 2 aromatic rings. The molecule has 0 spiro atoms. The first kappa shape index (κ1) is 23.7. The molecule has 30 heavy (non-hydrogen) atoms. The Hall–Kier alpha value is -2.58. The number of rotatable bonds is 12. The van der Waals surface area contributed by atoms with Crippen molar-refractivity contribution in [2.45, 2.75) is 32.9 Å². The maximum atomic E-state index is 12.3. The van der Waals surface area contributed by atoms with Crippen LogP contribution in [0.2, 0.25) is 0 Å². The Kier molecular flexibility index (Phi) is 9.14. The summed E-state index contributed by atoms with van der Waals surface area (Å²) < 4.78 is 36.7. The second kappa shape index (κ2) is 11.6. The Morgan fingerprint density at radius 1 is 1.07 bits per heavy atom. The van der Waals surface area contributed by atoms with Gasteiger partial charge in [0.15, 0.2) is 6.61 Å². The van der Waals surface area contributed by atoms with Crippen LogP contribution in [0.3, 0.4) is 0 Å². The van der Waals surface area contributed by atoms with E-state index in [0.29, 0.717) is 24.6 Å². The van der Waals surface area contributed by atoms with E-state index < -0.39 is 10.0 Å². The average Bonchev–Trinajstić information content (AvgIpc) is 2.70. The molecule has 0 aliphatic heterocycles. The molecule has 0 heterocycles. The second-order valence-electron chi connectivity index (χ2n) is 7.16. The zero-order valence-electron chi connectivity index (χ0n) is 17.7. The molecule has 0 bridgehead atoms. The third-order valence-electron chi connectivity index (χ3n) is 4.16. The summed E-state index contributed by atoms with van der Waals surface area (Å²) in [5, 5.41) is 2.77. The first-order valence-corrected chi connectivity index (χ1v) is 11.7. The van der Waals surface area contributed by atoms with Gasteiger partial charge in [-0.05, 0) is 50.1 Å². The molecule has 2 rings (SSSR count). The van der Waals surface area contributed by atoms with Gasteiger partial charge in [0.05, 0.1) is 24.6 Å². The molecule has 2 aromatic carbocycles. The van der Waals surface area contributed by atoms with Crippen LogP contribution in [0.15, 0.2) is 54.6 Å². The van der Waals surface area contributed by atoms with Crippen molar-refractivity contribution in [3.05, 3.63) is 60.2 Å². The standard InChI is InChI=1S/C22H30N2O5S/c1-18(2)28-15-7-14-23-22(25)17-29-21-12-10-20(11-13-21)24(30(3,26)27)16-19-8-5-4-6-9-19/h4-6,8-13,18H,7,14-17H2,1-3H3,(H,23,25). The van der Waals surface area contributed by atoms with Gasteiger partial charge in [-0.15, -0.1) is 0 Å². The second-order valence-corrected chi connectivity index (χ2v) is 9.07. The van der Waals surface area contributed by atoms with E-state index in [9.17, 15) is 13.2 Å². The van der Waals surface area contributed by atoms with E-state index in [2.05, 4.69) is 5.32 Å². The number of carbonyl (C=O) groups excluding carboxylic acids is 1. The highest BCUT2D eigenvalue weighted by Gasteiger charge is 2.18. The Morgan fingerprint density at radius 2 is 1.73 bits per heavy atom. The number of benzene rings is 2. The summed E-state index contributed by atoms with van der Waals surface area (Å²) in [5.74, 6) is 0.274. The number of sulfonamides is 1. The minimum absolute atomic E-state index is 0.107. The van der Waals surface area contributed by atoms with E-state index in [-0.39, 0.29) is 25.2 Å². The molecule has 1 amide bonds. The zero-order valence-corrected chi connectivity index (χ0v) is 18.5. The highest BCUT2D eigenvalue weighted by atomic mass is 32.2. The largest absolute Gasteiger partial charge is 0.484 e. The summed E-state index contributed by atoms with van der Waals surface area (Å²) in [4.78, 5) is 11.9. The molecule has 164 valence electrons. The maximum Gasteiger partial charge on any atom is 0.257 e. The van der Waals surface area contributed by atoms with Crippen LogP contribution < -0.4 is 14.4 Å². The van der Waals surface area contributed by atoms with Crippen LogP contribution in [-0.4, -0.2) is 46.4 Å². The van der Waals surface area contributed by atoms with Gasteiger partial charge in [0.25, 0.3) is 5.91 Å².